The number of carbonyl (C=O) groups is 2. The molecular weight excluding hydrogens is 1100 g/mol. The highest BCUT2D eigenvalue weighted by atomic mass is 16.7. The number of rotatable bonds is 60. The van der Waals surface area contributed by atoms with Crippen LogP contribution < -0.4 is 5.32 Å². The third kappa shape index (κ3) is 49.8. The van der Waals surface area contributed by atoms with E-state index in [9.17, 15) is 35.1 Å². The zero-order valence-electron chi connectivity index (χ0n) is 56.1. The highest BCUT2D eigenvalue weighted by Gasteiger charge is 2.47. The van der Waals surface area contributed by atoms with Crippen LogP contribution in [0.5, 0.6) is 0 Å². The SMILES string of the molecule is CC/C=C\C/C=C\C/C=C\C/C=C\C/C=C\C/C=C\CCCC(O)C(=O)NC(COC1OC(CO)C(O)C(O)C1OC(=O)CCCCCCCCCCCCCCCC/C=C\C/C=C\C/C=C\CCCCC)C(O)/C=C/CCCCCCCCCCCC. The van der Waals surface area contributed by atoms with Gasteiger partial charge in [-0.1, -0.05) is 290 Å². The summed E-state index contributed by atoms with van der Waals surface area (Å²) in [4.78, 5) is 26.7. The summed E-state index contributed by atoms with van der Waals surface area (Å²) in [6.07, 6.45) is 78.1. The first-order chi connectivity index (χ1) is 43.2. The molecule has 0 radical (unpaired) electrons. The predicted octanol–water partition coefficient (Wildman–Crippen LogP) is 18.6. The van der Waals surface area contributed by atoms with E-state index >= 15 is 0 Å². The minimum absolute atomic E-state index is 0.112. The second kappa shape index (κ2) is 63.2. The van der Waals surface area contributed by atoms with Gasteiger partial charge in [-0.2, -0.15) is 0 Å². The highest BCUT2D eigenvalue weighted by Crippen LogP contribution is 2.26. The third-order valence-electron chi connectivity index (χ3n) is 16.1. The van der Waals surface area contributed by atoms with Gasteiger partial charge in [-0.3, -0.25) is 9.59 Å². The molecule has 6 N–H and O–H groups in total. The van der Waals surface area contributed by atoms with Gasteiger partial charge >= 0.3 is 5.97 Å². The number of ether oxygens (including phenoxy) is 3. The van der Waals surface area contributed by atoms with Crippen LogP contribution in [0, 0.1) is 0 Å². The largest absolute Gasteiger partial charge is 0.454 e. The van der Waals surface area contributed by atoms with E-state index in [0.29, 0.717) is 19.3 Å². The number of carbonyl (C=O) groups excluding carboxylic acids is 2. The fourth-order valence-corrected chi connectivity index (χ4v) is 10.5. The Morgan fingerprint density at radius 2 is 0.818 bits per heavy atom. The quantitative estimate of drug-likeness (QED) is 0.0195. The van der Waals surface area contributed by atoms with E-state index in [1.807, 2.05) is 12.2 Å². The minimum atomic E-state index is -1.63. The molecule has 8 atom stereocenters. The van der Waals surface area contributed by atoms with Gasteiger partial charge in [0.15, 0.2) is 12.4 Å². The van der Waals surface area contributed by atoms with E-state index < -0.39 is 67.4 Å². The number of unbranched alkanes of at least 4 members (excludes halogenated alkanes) is 28. The molecule has 0 saturated carbocycles. The average molecular weight is 1230 g/mol. The molecule has 0 aromatic rings. The molecule has 1 aliphatic heterocycles. The van der Waals surface area contributed by atoms with Gasteiger partial charge in [0.25, 0.3) is 0 Å². The molecule has 0 aromatic carbocycles. The summed E-state index contributed by atoms with van der Waals surface area (Å²) in [5.41, 5.74) is 0. The van der Waals surface area contributed by atoms with Crippen LogP contribution in [0.25, 0.3) is 0 Å². The molecule has 1 rings (SSSR count). The van der Waals surface area contributed by atoms with Crippen molar-refractivity contribution >= 4 is 11.9 Å². The van der Waals surface area contributed by atoms with Crippen molar-refractivity contribution in [3.63, 3.8) is 0 Å². The molecule has 11 nitrogen and oxygen atoms in total. The minimum Gasteiger partial charge on any atom is -0.454 e. The molecule has 1 heterocycles. The summed E-state index contributed by atoms with van der Waals surface area (Å²) in [5.74, 6) is -1.24. The lowest BCUT2D eigenvalue weighted by Gasteiger charge is -2.41. The zero-order chi connectivity index (χ0) is 63.9. The van der Waals surface area contributed by atoms with Gasteiger partial charge in [-0.15, -0.1) is 0 Å². The average Bonchev–Trinajstić information content (AvgIpc) is 2.78. The summed E-state index contributed by atoms with van der Waals surface area (Å²) in [6.45, 7) is 5.64. The zero-order valence-corrected chi connectivity index (χ0v) is 56.1. The normalized spacial score (nSPS) is 18.9. The van der Waals surface area contributed by atoms with Gasteiger partial charge in [-0.25, -0.2) is 0 Å². The highest BCUT2D eigenvalue weighted by molar-refractivity contribution is 5.80. The molecule has 0 aromatic heterocycles. The van der Waals surface area contributed by atoms with Crippen LogP contribution in [-0.2, 0) is 23.8 Å². The Hall–Kier alpha value is -3.94. The smallest absolute Gasteiger partial charge is 0.306 e. The maximum atomic E-state index is 13.5. The lowest BCUT2D eigenvalue weighted by molar-refractivity contribution is -0.305. The van der Waals surface area contributed by atoms with Crippen molar-refractivity contribution in [3.05, 3.63) is 122 Å². The standard InChI is InChI=1S/C77H131NO10/c1-4-7-10-13-16-19-22-25-27-29-31-33-34-35-36-37-38-39-41-43-45-47-50-53-56-59-62-65-72(82)88-75-74(84)73(83)71(66-79)87-77(75)86-67-68(69(80)63-60-57-54-51-48-24-21-18-15-12-9-6-3)78-76(85)70(81)64-61-58-55-52-49-46-44-42-40-32-30-28-26-23-20-17-14-11-8-5-2/h8,11,16-17,19-20,25-28,31-33,40,44,46,52,55,60,63,68-71,73-75,77,79-81,83-84H,4-7,9-10,12-15,18,21-24,29-30,34-39,41-43,45,47-51,53-54,56-59,61-62,64-67H2,1-3H3,(H,78,85)/b11-8-,19-16-,20-17-,27-25-,28-26-,33-31-,40-32-,46-44-,55-52-,63-60+. The first-order valence-electron chi connectivity index (χ1n) is 35.8. The number of hydrogen-bond donors (Lipinski definition) is 6. The van der Waals surface area contributed by atoms with Gasteiger partial charge in [0, 0.05) is 6.42 Å². The number of aliphatic hydroxyl groups excluding tert-OH is 5. The van der Waals surface area contributed by atoms with Gasteiger partial charge in [0.1, 0.15) is 24.4 Å². The number of nitrogens with one attached hydrogen (secondary N) is 1. The first kappa shape index (κ1) is 82.1. The number of amides is 1. The fraction of sp³-hybridized carbons (Fsp3) is 0.714. The summed E-state index contributed by atoms with van der Waals surface area (Å²) in [6, 6.07) is -1.06. The lowest BCUT2D eigenvalue weighted by Crippen LogP contribution is -2.61. The second-order valence-corrected chi connectivity index (χ2v) is 24.2. The number of aliphatic hydroxyl groups is 5. The van der Waals surface area contributed by atoms with Crippen molar-refractivity contribution < 1.29 is 49.3 Å². The third-order valence-corrected chi connectivity index (χ3v) is 16.1. The van der Waals surface area contributed by atoms with E-state index in [-0.39, 0.29) is 19.4 Å². The van der Waals surface area contributed by atoms with E-state index in [1.165, 1.54) is 141 Å². The fourth-order valence-electron chi connectivity index (χ4n) is 10.5. The first-order valence-corrected chi connectivity index (χ1v) is 35.8. The molecule has 0 aliphatic carbocycles. The molecule has 8 unspecified atom stereocenters. The van der Waals surface area contributed by atoms with Crippen LogP contribution in [0.4, 0.5) is 0 Å². The van der Waals surface area contributed by atoms with Crippen molar-refractivity contribution in [2.24, 2.45) is 0 Å². The maximum absolute atomic E-state index is 13.5. The molecule has 1 aliphatic rings. The Balaban J connectivity index is 2.59. The van der Waals surface area contributed by atoms with E-state index in [2.05, 4.69) is 129 Å². The molecule has 504 valence electrons. The van der Waals surface area contributed by atoms with Crippen LogP contribution in [0.1, 0.15) is 290 Å². The van der Waals surface area contributed by atoms with Gasteiger partial charge in [0.2, 0.25) is 5.91 Å². The van der Waals surface area contributed by atoms with E-state index in [0.717, 1.165) is 96.3 Å². The molecule has 11 heteroatoms. The molecule has 0 spiro atoms. The number of hydrogen-bond acceptors (Lipinski definition) is 10. The van der Waals surface area contributed by atoms with Crippen LogP contribution in [0.2, 0.25) is 0 Å². The summed E-state index contributed by atoms with van der Waals surface area (Å²) in [7, 11) is 0. The van der Waals surface area contributed by atoms with Crippen LogP contribution in [0.15, 0.2) is 122 Å². The second-order valence-electron chi connectivity index (χ2n) is 24.2. The molecule has 0 bridgehead atoms. The van der Waals surface area contributed by atoms with Crippen molar-refractivity contribution in [3.8, 4) is 0 Å². The van der Waals surface area contributed by atoms with Gasteiger partial charge in [0.05, 0.1) is 25.4 Å². The molecule has 1 amide bonds. The lowest BCUT2D eigenvalue weighted by atomic mass is 9.99. The summed E-state index contributed by atoms with van der Waals surface area (Å²) in [5, 5.41) is 57.2. The van der Waals surface area contributed by atoms with Gasteiger partial charge < -0.3 is 45.1 Å². The maximum Gasteiger partial charge on any atom is 0.306 e. The molecular formula is C77H131NO10. The van der Waals surface area contributed by atoms with Crippen LogP contribution in [-0.4, -0.2) is 99.6 Å². The summed E-state index contributed by atoms with van der Waals surface area (Å²) >= 11 is 0. The van der Waals surface area contributed by atoms with E-state index in [4.69, 9.17) is 14.2 Å². The monoisotopic (exact) mass is 1230 g/mol. The Bertz CT molecular complexity index is 1900. The van der Waals surface area contributed by atoms with Crippen molar-refractivity contribution in [2.45, 2.75) is 339 Å². The van der Waals surface area contributed by atoms with Gasteiger partial charge in [-0.05, 0) is 116 Å². The van der Waals surface area contributed by atoms with E-state index in [1.54, 1.807) is 6.08 Å². The molecule has 1 saturated heterocycles. The topological polar surface area (TPSA) is 175 Å². The van der Waals surface area contributed by atoms with Crippen molar-refractivity contribution in [1.29, 1.82) is 0 Å². The number of allylic oxidation sites excluding steroid dienone is 19. The Morgan fingerprint density at radius 3 is 1.25 bits per heavy atom. The number of esters is 1. The van der Waals surface area contributed by atoms with Crippen LogP contribution >= 0.6 is 0 Å². The molecule has 1 fully saturated rings. The Morgan fingerprint density at radius 1 is 0.455 bits per heavy atom. The van der Waals surface area contributed by atoms with Crippen molar-refractivity contribution in [1.82, 2.24) is 5.32 Å². The molecule has 88 heavy (non-hydrogen) atoms. The van der Waals surface area contributed by atoms with Crippen molar-refractivity contribution in [2.75, 3.05) is 13.2 Å². The Labute approximate surface area is 538 Å². The summed E-state index contributed by atoms with van der Waals surface area (Å²) < 4.78 is 17.7. The Kier molecular flexibility index (Phi) is 59.0. The predicted molar refractivity (Wildman–Crippen MR) is 370 cm³/mol. The van der Waals surface area contributed by atoms with Crippen LogP contribution in [0.3, 0.4) is 0 Å².